The fraction of sp³-hybridized carbons (Fsp3) is 0.130. The maximum absolute atomic E-state index is 5.90. The first-order valence-corrected chi connectivity index (χ1v) is 43.6. The summed E-state index contributed by atoms with van der Waals surface area (Å²) in [5.74, 6) is 36.2. The van der Waals surface area contributed by atoms with E-state index in [0.717, 1.165) is 177 Å². The molecule has 10 heteroatoms. The molecular weight excluding hydrogens is 1640 g/mol. The fourth-order valence-corrected chi connectivity index (χ4v) is 12.8. The first kappa shape index (κ1) is 92.3. The molecule has 0 unspecified atom stereocenters. The third-order valence-electron chi connectivity index (χ3n) is 19.1. The average Bonchev–Trinajstić information content (AvgIpc) is 0.876. The molecule has 0 aliphatic heterocycles. The highest BCUT2D eigenvalue weighted by Gasteiger charge is 2.07. The molecule has 0 aliphatic rings. The largest absolute Gasteiger partial charge is 0.497 e. The lowest BCUT2D eigenvalue weighted by molar-refractivity contribution is 0.306. The molecular formula is C115H95Cl5O5. The normalized spacial score (nSPS) is 10.0. The summed E-state index contributed by atoms with van der Waals surface area (Å²) in [7, 11) is 1.67. The molecule has 0 aromatic heterocycles. The number of ether oxygens (including phenoxy) is 5. The van der Waals surface area contributed by atoms with Crippen molar-refractivity contribution in [3.05, 3.63) is 445 Å². The van der Waals surface area contributed by atoms with Gasteiger partial charge in [0, 0.05) is 80.7 Å². The average molecular weight is 1730 g/mol. The Morgan fingerprint density at radius 1 is 0.176 bits per heavy atom. The molecule has 620 valence electrons. The molecule has 0 radical (unpaired) electrons. The predicted molar refractivity (Wildman–Crippen MR) is 525 cm³/mol. The van der Waals surface area contributed by atoms with Gasteiger partial charge in [-0.3, -0.25) is 0 Å². The van der Waals surface area contributed by atoms with Crippen molar-refractivity contribution in [3.8, 4) is 144 Å². The SMILES string of the molecule is CCCCCOc1ccc(-c2ccc(C#Cc3ccc(Cl)cc3)cc2)cc1.CCCCOc1ccc(-c2ccc(C#Cc3ccc(Cl)cc3)cc2)cc1.CCCOc1ccc(-c2ccc(C#Cc3ccc(Cl)cc3)cc2)cc1.CCOc1ccc(-c2ccc(C#Cc3ccc(Cl)cc3)cc2)cc1.COc1ccc(-c2ccc(C#Cc3ccc(Cl)cc3)cc2)cc1. The summed E-state index contributed by atoms with van der Waals surface area (Å²) in [5, 5.41) is 3.62. The number of benzene rings is 15. The Morgan fingerprint density at radius 2 is 0.344 bits per heavy atom. The predicted octanol–water partition coefficient (Wildman–Crippen LogP) is 31.0. The number of hydrogen-bond donors (Lipinski definition) is 0. The van der Waals surface area contributed by atoms with E-state index in [0.29, 0.717) is 6.61 Å². The molecule has 0 heterocycles. The lowest BCUT2D eigenvalue weighted by atomic mass is 10.0. The van der Waals surface area contributed by atoms with Gasteiger partial charge in [-0.1, -0.05) is 279 Å². The van der Waals surface area contributed by atoms with Crippen molar-refractivity contribution in [3.63, 3.8) is 0 Å². The zero-order chi connectivity index (χ0) is 87.4. The minimum atomic E-state index is 0.681. The maximum atomic E-state index is 5.90. The van der Waals surface area contributed by atoms with Crippen molar-refractivity contribution < 1.29 is 23.7 Å². The van der Waals surface area contributed by atoms with Gasteiger partial charge in [-0.2, -0.15) is 0 Å². The highest BCUT2D eigenvalue weighted by atomic mass is 35.5. The van der Waals surface area contributed by atoms with E-state index in [1.165, 1.54) is 46.2 Å². The van der Waals surface area contributed by atoms with Crippen molar-refractivity contribution in [1.82, 2.24) is 0 Å². The Morgan fingerprint density at radius 3 is 0.528 bits per heavy atom. The topological polar surface area (TPSA) is 46.2 Å². The first-order chi connectivity index (χ1) is 61.2. The summed E-state index contributed by atoms with van der Waals surface area (Å²) in [4.78, 5) is 0. The fourth-order valence-electron chi connectivity index (χ4n) is 12.1. The van der Waals surface area contributed by atoms with Crippen LogP contribution in [0, 0.1) is 59.2 Å². The standard InChI is InChI=1S/C25H23ClO.C24H21ClO.C23H19ClO.C22H17ClO.C21H15ClO/c1-2-3-4-19-27-25-17-13-23(14-18-25)22-11-7-20(8-12-22)5-6-21-9-15-24(26)16-10-21;1-2-3-18-26-24-16-12-22(13-17-24)21-10-6-19(7-11-21)4-5-20-8-14-23(25)15-9-20;1-2-17-25-23-15-11-21(12-16-23)20-9-5-18(6-10-20)3-4-19-7-13-22(24)14-8-19;1-2-24-22-15-11-20(12-16-22)19-9-5-17(6-10-19)3-4-18-7-13-21(23)14-8-18;1-23-21-14-10-19(11-15-21)18-8-4-16(5-9-18)2-3-17-6-12-20(22)13-7-17/h7-18H,2-4,19H2,1H3;6-17H,2-3,18H2,1H3;5-16H,2,17H2,1H3;5-16H,2H2,1H3;4-15H,1H3. The zero-order valence-corrected chi connectivity index (χ0v) is 74.4. The second-order valence-corrected chi connectivity index (χ2v) is 30.7. The van der Waals surface area contributed by atoms with Gasteiger partial charge in [0.15, 0.2) is 0 Å². The van der Waals surface area contributed by atoms with Crippen LogP contribution in [0.4, 0.5) is 0 Å². The van der Waals surface area contributed by atoms with Gasteiger partial charge in [0.2, 0.25) is 0 Å². The van der Waals surface area contributed by atoms with Crippen LogP contribution in [-0.2, 0) is 0 Å². The molecule has 15 aromatic carbocycles. The number of unbranched alkanes of at least 4 members (excludes halogenated alkanes) is 3. The Hall–Kier alpha value is -13.5. The van der Waals surface area contributed by atoms with Crippen LogP contribution in [0.25, 0.3) is 55.6 Å². The molecule has 0 saturated heterocycles. The summed E-state index contributed by atoms with van der Waals surface area (Å²) in [6, 6.07) is 120. The van der Waals surface area contributed by atoms with E-state index in [2.05, 4.69) is 189 Å². The van der Waals surface area contributed by atoms with E-state index in [1.807, 2.05) is 262 Å². The molecule has 0 amide bonds. The molecule has 0 fully saturated rings. The Kier molecular flexibility index (Phi) is 37.5. The molecule has 15 rings (SSSR count). The highest BCUT2D eigenvalue weighted by molar-refractivity contribution is 6.31. The molecule has 0 bridgehead atoms. The number of rotatable bonds is 20. The van der Waals surface area contributed by atoms with Crippen molar-refractivity contribution in [1.29, 1.82) is 0 Å². The Balaban J connectivity index is 0.000000152. The van der Waals surface area contributed by atoms with Crippen molar-refractivity contribution >= 4 is 58.0 Å². The van der Waals surface area contributed by atoms with Crippen LogP contribution in [0.5, 0.6) is 28.7 Å². The van der Waals surface area contributed by atoms with Gasteiger partial charge in [-0.25, -0.2) is 0 Å². The monoisotopic (exact) mass is 1730 g/mol. The van der Waals surface area contributed by atoms with Gasteiger partial charge < -0.3 is 23.7 Å². The summed E-state index contributed by atoms with van der Waals surface area (Å²) in [6.45, 7) is 11.4. The summed E-state index contributed by atoms with van der Waals surface area (Å²) in [5.41, 5.74) is 21.4. The van der Waals surface area contributed by atoms with Crippen molar-refractivity contribution in [2.75, 3.05) is 33.5 Å². The van der Waals surface area contributed by atoms with E-state index in [9.17, 15) is 0 Å². The minimum absolute atomic E-state index is 0.681. The molecule has 125 heavy (non-hydrogen) atoms. The number of halogens is 5. The van der Waals surface area contributed by atoms with Gasteiger partial charge >= 0.3 is 0 Å². The number of hydrogen-bond acceptors (Lipinski definition) is 5. The van der Waals surface area contributed by atoms with Gasteiger partial charge in [0.05, 0.1) is 33.5 Å². The maximum Gasteiger partial charge on any atom is 0.119 e. The van der Waals surface area contributed by atoms with Crippen LogP contribution >= 0.6 is 58.0 Å². The van der Waals surface area contributed by atoms with E-state index in [1.54, 1.807) is 7.11 Å². The van der Waals surface area contributed by atoms with Crippen molar-refractivity contribution in [2.24, 2.45) is 0 Å². The van der Waals surface area contributed by atoms with Crippen LogP contribution < -0.4 is 23.7 Å². The summed E-state index contributed by atoms with van der Waals surface area (Å²) >= 11 is 29.4. The van der Waals surface area contributed by atoms with Gasteiger partial charge in [0.25, 0.3) is 0 Å². The molecule has 5 nitrogen and oxygen atoms in total. The second-order valence-electron chi connectivity index (χ2n) is 28.5. The second kappa shape index (κ2) is 50.8. The Bertz CT molecular complexity index is 6130. The smallest absolute Gasteiger partial charge is 0.119 e. The van der Waals surface area contributed by atoms with Crippen LogP contribution in [0.3, 0.4) is 0 Å². The highest BCUT2D eigenvalue weighted by Crippen LogP contribution is 2.30. The van der Waals surface area contributed by atoms with Gasteiger partial charge in [-0.05, 0) is 324 Å². The van der Waals surface area contributed by atoms with E-state index in [4.69, 9.17) is 81.7 Å². The first-order valence-electron chi connectivity index (χ1n) is 41.7. The van der Waals surface area contributed by atoms with Gasteiger partial charge in [0.1, 0.15) is 28.7 Å². The molecule has 0 aliphatic carbocycles. The summed E-state index contributed by atoms with van der Waals surface area (Å²) < 4.78 is 27.8. The molecule has 0 spiro atoms. The lowest BCUT2D eigenvalue weighted by Crippen LogP contribution is -1.96. The van der Waals surface area contributed by atoms with Crippen LogP contribution in [0.1, 0.15) is 122 Å². The van der Waals surface area contributed by atoms with Crippen molar-refractivity contribution in [2.45, 2.75) is 66.2 Å². The third kappa shape index (κ3) is 32.1. The van der Waals surface area contributed by atoms with Crippen LogP contribution in [-0.4, -0.2) is 33.5 Å². The van der Waals surface area contributed by atoms with E-state index < -0.39 is 0 Å². The quantitative estimate of drug-likeness (QED) is 0.0562. The van der Waals surface area contributed by atoms with E-state index in [-0.39, 0.29) is 0 Å². The van der Waals surface area contributed by atoms with Gasteiger partial charge in [-0.15, -0.1) is 0 Å². The number of methoxy groups -OCH3 is 1. The van der Waals surface area contributed by atoms with E-state index >= 15 is 0 Å². The molecule has 0 atom stereocenters. The Labute approximate surface area is 763 Å². The summed E-state index contributed by atoms with van der Waals surface area (Å²) in [6.07, 6.45) is 6.77. The molecule has 0 saturated carbocycles. The lowest BCUT2D eigenvalue weighted by Gasteiger charge is -2.07. The minimum Gasteiger partial charge on any atom is -0.497 e. The zero-order valence-electron chi connectivity index (χ0n) is 70.6. The van der Waals surface area contributed by atoms with Crippen LogP contribution in [0.15, 0.2) is 364 Å². The molecule has 15 aromatic rings. The molecule has 0 N–H and O–H groups in total. The van der Waals surface area contributed by atoms with Crippen LogP contribution in [0.2, 0.25) is 25.1 Å². The third-order valence-corrected chi connectivity index (χ3v) is 20.4.